The van der Waals surface area contributed by atoms with E-state index in [1.54, 1.807) is 12.1 Å². The predicted molar refractivity (Wildman–Crippen MR) is 111 cm³/mol. The fourth-order valence-corrected chi connectivity index (χ4v) is 4.81. The minimum absolute atomic E-state index is 0.00599. The Hall–Kier alpha value is -3.16. The number of rotatable bonds is 7. The molecule has 0 unspecified atom stereocenters. The number of sulfone groups is 1. The largest absolute Gasteiger partial charge is 0.459 e. The van der Waals surface area contributed by atoms with Gasteiger partial charge < -0.3 is 13.7 Å². The van der Waals surface area contributed by atoms with Crippen molar-refractivity contribution in [1.29, 1.82) is 5.26 Å². The lowest BCUT2D eigenvalue weighted by Crippen LogP contribution is -2.47. The summed E-state index contributed by atoms with van der Waals surface area (Å²) in [5.74, 6) is 0.701. The van der Waals surface area contributed by atoms with Crippen molar-refractivity contribution < 1.29 is 21.6 Å². The summed E-state index contributed by atoms with van der Waals surface area (Å²) in [7, 11) is -3.43. The number of hydrogen-bond donors (Lipinski definition) is 0. The molecule has 1 fully saturated rings. The summed E-state index contributed by atoms with van der Waals surface area (Å²) in [6.45, 7) is 3.31. The van der Waals surface area contributed by atoms with E-state index >= 15 is 0 Å². The first-order chi connectivity index (χ1) is 15.0. The third kappa shape index (κ3) is 4.78. The van der Waals surface area contributed by atoms with Crippen molar-refractivity contribution in [1.82, 2.24) is 9.88 Å². The second-order valence-corrected chi connectivity index (χ2v) is 9.33. The van der Waals surface area contributed by atoms with Crippen LogP contribution < -0.4 is 4.90 Å². The minimum atomic E-state index is -3.43. The highest BCUT2D eigenvalue weighted by molar-refractivity contribution is 7.91. The second kappa shape index (κ2) is 8.91. The lowest BCUT2D eigenvalue weighted by molar-refractivity contribution is 0.255. The molecule has 0 bridgehead atoms. The van der Waals surface area contributed by atoms with Crippen LogP contribution in [-0.4, -0.2) is 56.8 Å². The van der Waals surface area contributed by atoms with Crippen LogP contribution in [0.15, 0.2) is 56.4 Å². The maximum atomic E-state index is 13.0. The van der Waals surface area contributed by atoms with Crippen molar-refractivity contribution in [3.05, 3.63) is 54.2 Å². The first kappa shape index (κ1) is 21.1. The number of furan rings is 1. The monoisotopic (exact) mass is 444 g/mol. The molecule has 1 aliphatic rings. The van der Waals surface area contributed by atoms with Crippen molar-refractivity contribution in [2.75, 3.05) is 43.4 Å². The molecule has 0 spiro atoms. The van der Waals surface area contributed by atoms with Crippen LogP contribution in [0.1, 0.15) is 12.1 Å². The number of piperazine rings is 1. The Morgan fingerprint density at radius 3 is 2.52 bits per heavy atom. The van der Waals surface area contributed by atoms with Crippen molar-refractivity contribution in [2.24, 2.45) is 0 Å². The molecular weight excluding hydrogens is 423 g/mol. The van der Waals surface area contributed by atoms with Gasteiger partial charge in [-0.3, -0.25) is 4.90 Å². The normalized spacial score (nSPS) is 15.2. The van der Waals surface area contributed by atoms with E-state index in [0.29, 0.717) is 50.8 Å². The van der Waals surface area contributed by atoms with Gasteiger partial charge in [-0.15, -0.1) is 0 Å². The van der Waals surface area contributed by atoms with E-state index in [1.807, 2.05) is 4.90 Å². The molecule has 4 rings (SSSR count). The van der Waals surface area contributed by atoms with E-state index in [-0.39, 0.29) is 22.2 Å². The van der Waals surface area contributed by atoms with Crippen molar-refractivity contribution in [2.45, 2.75) is 11.3 Å². The van der Waals surface area contributed by atoms with Gasteiger partial charge in [0.2, 0.25) is 11.6 Å². The Kier molecular flexibility index (Phi) is 6.06. The molecule has 162 valence electrons. The van der Waals surface area contributed by atoms with Gasteiger partial charge in [0.25, 0.3) is 5.89 Å². The molecule has 0 aliphatic carbocycles. The summed E-state index contributed by atoms with van der Waals surface area (Å²) in [6.07, 6.45) is 1.99. The number of hydrogen-bond acceptors (Lipinski definition) is 8. The lowest BCUT2D eigenvalue weighted by Gasteiger charge is -2.34. The van der Waals surface area contributed by atoms with E-state index in [4.69, 9.17) is 8.83 Å². The molecule has 1 saturated heterocycles. The van der Waals surface area contributed by atoms with Crippen LogP contribution in [0.4, 0.5) is 10.3 Å². The van der Waals surface area contributed by atoms with Crippen molar-refractivity contribution in [3.8, 4) is 17.7 Å². The van der Waals surface area contributed by atoms with E-state index in [0.717, 1.165) is 12.1 Å². The van der Waals surface area contributed by atoms with Crippen molar-refractivity contribution >= 4 is 15.7 Å². The summed E-state index contributed by atoms with van der Waals surface area (Å²) < 4.78 is 48.8. The van der Waals surface area contributed by atoms with Crippen LogP contribution in [0.2, 0.25) is 0 Å². The molecule has 0 amide bonds. The van der Waals surface area contributed by atoms with Crippen molar-refractivity contribution in [3.63, 3.8) is 0 Å². The summed E-state index contributed by atoms with van der Waals surface area (Å²) in [5.41, 5.74) is 0.213. The topological polar surface area (TPSA) is 104 Å². The van der Waals surface area contributed by atoms with E-state index in [2.05, 4.69) is 16.0 Å². The fourth-order valence-electron chi connectivity index (χ4n) is 3.52. The third-order valence-corrected chi connectivity index (χ3v) is 6.98. The van der Waals surface area contributed by atoms with Crippen LogP contribution >= 0.6 is 0 Å². The van der Waals surface area contributed by atoms with E-state index in [9.17, 15) is 18.1 Å². The van der Waals surface area contributed by atoms with Crippen LogP contribution in [-0.2, 0) is 9.84 Å². The maximum absolute atomic E-state index is 13.0. The highest BCUT2D eigenvalue weighted by atomic mass is 32.2. The molecule has 2 aromatic heterocycles. The molecule has 10 heteroatoms. The molecule has 1 aromatic carbocycles. The van der Waals surface area contributed by atoms with Gasteiger partial charge in [-0.1, -0.05) is 0 Å². The average Bonchev–Trinajstić information content (AvgIpc) is 3.44. The van der Waals surface area contributed by atoms with Gasteiger partial charge in [0, 0.05) is 26.2 Å². The zero-order valence-electron chi connectivity index (χ0n) is 16.7. The lowest BCUT2D eigenvalue weighted by atomic mass is 10.3. The maximum Gasteiger partial charge on any atom is 0.266 e. The Labute approximate surface area is 179 Å². The number of nitrogens with zero attached hydrogens (tertiary/aromatic N) is 4. The number of anilines is 1. The number of halogens is 1. The zero-order valence-corrected chi connectivity index (χ0v) is 17.5. The molecule has 8 nitrogen and oxygen atoms in total. The molecule has 1 aliphatic heterocycles. The first-order valence-electron chi connectivity index (χ1n) is 9.87. The summed E-state index contributed by atoms with van der Waals surface area (Å²) in [6, 6.07) is 10.4. The molecule has 3 aromatic rings. The van der Waals surface area contributed by atoms with Gasteiger partial charge >= 0.3 is 0 Å². The number of aromatic nitrogens is 1. The fraction of sp³-hybridized carbons (Fsp3) is 0.333. The average molecular weight is 444 g/mol. The van der Waals surface area contributed by atoms with Crippen LogP contribution in [0.25, 0.3) is 11.7 Å². The smallest absolute Gasteiger partial charge is 0.266 e. The standard InChI is InChI=1S/C21H21FN4O4S/c22-16-4-6-17(7-5-16)31(27,28)14-2-8-25-9-11-26(12-10-25)21-18(15-23)24-20(30-21)19-3-1-13-29-19/h1,3-7,13H,2,8-12,14H2. The Morgan fingerprint density at radius 2 is 1.87 bits per heavy atom. The Balaban J connectivity index is 1.30. The third-order valence-electron chi connectivity index (χ3n) is 5.17. The summed E-state index contributed by atoms with van der Waals surface area (Å²) in [5, 5.41) is 9.40. The quantitative estimate of drug-likeness (QED) is 0.513. The summed E-state index contributed by atoms with van der Waals surface area (Å²) >= 11 is 0. The van der Waals surface area contributed by atoms with Gasteiger partial charge in [-0.25, -0.2) is 12.8 Å². The highest BCUT2D eigenvalue weighted by Gasteiger charge is 2.25. The van der Waals surface area contributed by atoms with Gasteiger partial charge in [0.05, 0.1) is 16.9 Å². The van der Waals surface area contributed by atoms with Gasteiger partial charge in [-0.2, -0.15) is 10.2 Å². The first-order valence-corrected chi connectivity index (χ1v) is 11.5. The van der Waals surface area contributed by atoms with Crippen LogP contribution in [0, 0.1) is 17.1 Å². The molecule has 0 radical (unpaired) electrons. The van der Waals surface area contributed by atoms with Crippen LogP contribution in [0.5, 0.6) is 0 Å². The number of benzene rings is 1. The Morgan fingerprint density at radius 1 is 1.13 bits per heavy atom. The summed E-state index contributed by atoms with van der Waals surface area (Å²) in [4.78, 5) is 8.48. The number of nitriles is 1. The second-order valence-electron chi connectivity index (χ2n) is 7.22. The molecule has 0 N–H and O–H groups in total. The van der Waals surface area contributed by atoms with E-state index < -0.39 is 15.7 Å². The molecule has 31 heavy (non-hydrogen) atoms. The highest BCUT2D eigenvalue weighted by Crippen LogP contribution is 2.29. The molecule has 0 saturated carbocycles. The SMILES string of the molecule is N#Cc1nc(-c2ccco2)oc1N1CCN(CCCS(=O)(=O)c2ccc(F)cc2)CC1. The molecular formula is C21H21FN4O4S. The minimum Gasteiger partial charge on any atom is -0.459 e. The predicted octanol–water partition coefficient (Wildman–Crippen LogP) is 2.93. The molecule has 0 atom stereocenters. The molecule has 3 heterocycles. The van der Waals surface area contributed by atoms with Gasteiger partial charge in [0.1, 0.15) is 11.9 Å². The van der Waals surface area contributed by atoms with Crippen LogP contribution in [0.3, 0.4) is 0 Å². The van der Waals surface area contributed by atoms with Gasteiger partial charge in [0.15, 0.2) is 15.6 Å². The zero-order chi connectivity index (χ0) is 21.8. The van der Waals surface area contributed by atoms with Gasteiger partial charge in [-0.05, 0) is 49.4 Å². The Bertz CT molecular complexity index is 1160. The number of oxazole rings is 1. The van der Waals surface area contributed by atoms with E-state index in [1.165, 1.54) is 18.4 Å².